The van der Waals surface area contributed by atoms with Gasteiger partial charge < -0.3 is 14.8 Å². The summed E-state index contributed by atoms with van der Waals surface area (Å²) in [6, 6.07) is 17.7. The highest BCUT2D eigenvalue weighted by Crippen LogP contribution is 2.43. The van der Waals surface area contributed by atoms with Gasteiger partial charge in [-0.2, -0.15) is 0 Å². The number of rotatable bonds is 4. The zero-order valence-electron chi connectivity index (χ0n) is 19.1. The van der Waals surface area contributed by atoms with Gasteiger partial charge in [0, 0.05) is 36.1 Å². The van der Waals surface area contributed by atoms with Crippen LogP contribution in [0.5, 0.6) is 0 Å². The first-order valence-corrected chi connectivity index (χ1v) is 13.0. The first-order valence-electron chi connectivity index (χ1n) is 12.0. The van der Waals surface area contributed by atoms with Gasteiger partial charge in [-0.25, -0.2) is 0 Å². The normalized spacial score (nSPS) is 19.7. The van der Waals surface area contributed by atoms with E-state index in [0.29, 0.717) is 12.3 Å². The van der Waals surface area contributed by atoms with Gasteiger partial charge >= 0.3 is 0 Å². The number of fused-ring (bicyclic) bond motifs is 3. The molecule has 0 spiro atoms. The highest BCUT2D eigenvalue weighted by molar-refractivity contribution is 8.00. The number of aryl methyl sites for hydroxylation is 1. The number of hydrogen-bond acceptors (Lipinski definition) is 3. The Bertz CT molecular complexity index is 1150. The number of nitrogens with one attached hydrogen (secondary N) is 1. The average molecular weight is 462 g/mol. The van der Waals surface area contributed by atoms with Gasteiger partial charge in [-0.3, -0.25) is 9.59 Å². The monoisotopic (exact) mass is 461 g/mol. The molecule has 1 aliphatic carbocycles. The Labute approximate surface area is 199 Å². The molecule has 2 aromatic carbocycles. The molecule has 2 heterocycles. The average Bonchev–Trinajstić information content (AvgIpc) is 3.04. The van der Waals surface area contributed by atoms with Crippen LogP contribution in [-0.2, 0) is 23.2 Å². The van der Waals surface area contributed by atoms with Crippen LogP contribution in [0.3, 0.4) is 0 Å². The second-order valence-corrected chi connectivity index (χ2v) is 10.1. The Hall–Kier alpha value is -2.73. The quantitative estimate of drug-likeness (QED) is 0.544. The van der Waals surface area contributed by atoms with Crippen molar-refractivity contribution in [2.75, 3.05) is 5.75 Å². The zero-order valence-corrected chi connectivity index (χ0v) is 19.9. The minimum Gasteiger partial charge on any atom is -0.350 e. The second kappa shape index (κ2) is 9.64. The van der Waals surface area contributed by atoms with Crippen LogP contribution in [0, 0.1) is 0 Å². The summed E-state index contributed by atoms with van der Waals surface area (Å²) in [6.07, 6.45) is 6.58. The predicted molar refractivity (Wildman–Crippen MR) is 133 cm³/mol. The van der Waals surface area contributed by atoms with Crippen molar-refractivity contribution < 1.29 is 9.59 Å². The van der Waals surface area contributed by atoms with Crippen LogP contribution in [0.15, 0.2) is 59.6 Å². The first kappa shape index (κ1) is 22.1. The van der Waals surface area contributed by atoms with E-state index in [1.807, 2.05) is 54.4 Å². The number of para-hydroxylation sites is 1. The van der Waals surface area contributed by atoms with Gasteiger partial charge in [0.15, 0.2) is 0 Å². The molecule has 33 heavy (non-hydrogen) atoms. The number of thioether (sulfide) groups is 1. The molecule has 1 saturated carbocycles. The SMILES string of the molecule is Cn1c2c(c3ccccc31)C(C(=O)NCc1ccccc1)N(C1CCCCCC1)C(=O)CS2. The number of carbonyl (C=O) groups is 2. The Morgan fingerprint density at radius 1 is 1.00 bits per heavy atom. The van der Waals surface area contributed by atoms with Crippen LogP contribution < -0.4 is 5.32 Å². The summed E-state index contributed by atoms with van der Waals surface area (Å²) in [6.45, 7) is 0.454. The van der Waals surface area contributed by atoms with Crippen molar-refractivity contribution in [3.63, 3.8) is 0 Å². The fourth-order valence-corrected chi connectivity index (χ4v) is 6.49. The molecule has 1 atom stereocenters. The van der Waals surface area contributed by atoms with E-state index in [2.05, 4.69) is 22.0 Å². The molecule has 5 rings (SSSR count). The van der Waals surface area contributed by atoms with Gasteiger partial charge in [0.1, 0.15) is 6.04 Å². The van der Waals surface area contributed by atoms with Gasteiger partial charge in [-0.05, 0) is 24.5 Å². The number of aromatic nitrogens is 1. The van der Waals surface area contributed by atoms with Crippen LogP contribution in [-0.4, -0.2) is 33.1 Å². The van der Waals surface area contributed by atoms with E-state index in [-0.39, 0.29) is 17.9 Å². The lowest BCUT2D eigenvalue weighted by Gasteiger charge is -2.36. The molecule has 0 radical (unpaired) electrons. The minimum atomic E-state index is -0.611. The Morgan fingerprint density at radius 2 is 1.70 bits per heavy atom. The van der Waals surface area contributed by atoms with Crippen molar-refractivity contribution in [2.45, 2.75) is 62.2 Å². The summed E-state index contributed by atoms with van der Waals surface area (Å²) in [5, 5.41) is 5.26. The molecule has 6 heteroatoms. The van der Waals surface area contributed by atoms with Crippen molar-refractivity contribution in [2.24, 2.45) is 7.05 Å². The topological polar surface area (TPSA) is 54.3 Å². The van der Waals surface area contributed by atoms with E-state index < -0.39 is 6.04 Å². The van der Waals surface area contributed by atoms with Gasteiger partial charge in [0.05, 0.1) is 10.8 Å². The summed E-state index contributed by atoms with van der Waals surface area (Å²) >= 11 is 1.57. The van der Waals surface area contributed by atoms with Gasteiger partial charge in [0.25, 0.3) is 0 Å². The summed E-state index contributed by atoms with van der Waals surface area (Å²) in [5.41, 5.74) is 3.14. The number of carbonyl (C=O) groups excluding carboxylic acids is 2. The van der Waals surface area contributed by atoms with E-state index in [4.69, 9.17) is 0 Å². The van der Waals surface area contributed by atoms with E-state index in [0.717, 1.165) is 52.7 Å². The molecule has 1 N–H and O–H groups in total. The number of nitrogens with zero attached hydrogens (tertiary/aromatic N) is 2. The maximum atomic E-state index is 13.9. The van der Waals surface area contributed by atoms with Gasteiger partial charge in [-0.1, -0.05) is 86.0 Å². The molecular weight excluding hydrogens is 430 g/mol. The molecule has 0 saturated heterocycles. The molecule has 2 aliphatic rings. The second-order valence-electron chi connectivity index (χ2n) is 9.14. The molecular formula is C27H31N3O2S. The Morgan fingerprint density at radius 3 is 2.45 bits per heavy atom. The third kappa shape index (κ3) is 4.29. The molecule has 172 valence electrons. The van der Waals surface area contributed by atoms with Crippen molar-refractivity contribution in [1.82, 2.24) is 14.8 Å². The molecule has 1 fully saturated rings. The highest BCUT2D eigenvalue weighted by Gasteiger charge is 2.41. The number of amides is 2. The van der Waals surface area contributed by atoms with Crippen molar-refractivity contribution in [3.8, 4) is 0 Å². The summed E-state index contributed by atoms with van der Waals surface area (Å²) in [4.78, 5) is 29.4. The maximum Gasteiger partial charge on any atom is 0.247 e. The van der Waals surface area contributed by atoms with E-state index in [1.165, 1.54) is 12.8 Å². The minimum absolute atomic E-state index is 0.0760. The van der Waals surface area contributed by atoms with Gasteiger partial charge in [-0.15, -0.1) is 0 Å². The first-order chi connectivity index (χ1) is 16.1. The van der Waals surface area contributed by atoms with Crippen LogP contribution in [0.25, 0.3) is 10.9 Å². The lowest BCUT2D eigenvalue weighted by molar-refractivity contribution is -0.142. The molecule has 5 nitrogen and oxygen atoms in total. The smallest absolute Gasteiger partial charge is 0.247 e. The molecule has 1 aliphatic heterocycles. The maximum absolute atomic E-state index is 13.9. The van der Waals surface area contributed by atoms with Crippen LogP contribution >= 0.6 is 11.8 Å². The number of benzene rings is 2. The summed E-state index contributed by atoms with van der Waals surface area (Å²) < 4.78 is 2.15. The summed E-state index contributed by atoms with van der Waals surface area (Å²) in [5.74, 6) is 0.361. The molecule has 3 aromatic rings. The lowest BCUT2D eigenvalue weighted by Crippen LogP contribution is -2.48. The highest BCUT2D eigenvalue weighted by atomic mass is 32.2. The largest absolute Gasteiger partial charge is 0.350 e. The van der Waals surface area contributed by atoms with Gasteiger partial charge in [0.2, 0.25) is 11.8 Å². The fraction of sp³-hybridized carbons (Fsp3) is 0.407. The van der Waals surface area contributed by atoms with Crippen LogP contribution in [0.2, 0.25) is 0 Å². The van der Waals surface area contributed by atoms with Crippen molar-refractivity contribution >= 4 is 34.5 Å². The summed E-state index contributed by atoms with van der Waals surface area (Å²) in [7, 11) is 2.04. The lowest BCUT2D eigenvalue weighted by atomic mass is 9.98. The zero-order chi connectivity index (χ0) is 22.8. The van der Waals surface area contributed by atoms with Crippen LogP contribution in [0.1, 0.15) is 55.7 Å². The Balaban J connectivity index is 1.59. The Kier molecular flexibility index (Phi) is 6.45. The van der Waals surface area contributed by atoms with Crippen molar-refractivity contribution in [3.05, 3.63) is 65.7 Å². The molecule has 1 aromatic heterocycles. The van der Waals surface area contributed by atoms with E-state index in [1.54, 1.807) is 11.8 Å². The molecule has 1 unspecified atom stereocenters. The molecule has 2 amide bonds. The van der Waals surface area contributed by atoms with E-state index in [9.17, 15) is 9.59 Å². The van der Waals surface area contributed by atoms with Crippen LogP contribution in [0.4, 0.5) is 0 Å². The third-order valence-corrected chi connectivity index (χ3v) is 8.20. The van der Waals surface area contributed by atoms with E-state index >= 15 is 0 Å². The van der Waals surface area contributed by atoms with Crippen molar-refractivity contribution in [1.29, 1.82) is 0 Å². The fourth-order valence-electron chi connectivity index (χ4n) is 5.42. The molecule has 0 bridgehead atoms. The number of hydrogen-bond donors (Lipinski definition) is 1. The third-order valence-electron chi connectivity index (χ3n) is 7.04. The standard InChI is InChI=1S/C27H31N3O2S/c1-29-22-16-10-9-15-21(22)24-25(26(32)28-17-19-11-5-4-6-12-19)30(23(31)18-33-27(24)29)20-13-7-2-3-8-14-20/h4-6,9-12,15-16,20,25H,2-3,7-8,13-14,17-18H2,1H3,(H,28,32). The predicted octanol–water partition coefficient (Wildman–Crippen LogP) is 5.19.